The summed E-state index contributed by atoms with van der Waals surface area (Å²) in [5.41, 5.74) is 0.711. The molecule has 90 valence electrons. The zero-order valence-electron chi connectivity index (χ0n) is 9.01. The van der Waals surface area contributed by atoms with E-state index in [-0.39, 0.29) is 17.5 Å². The molecule has 1 atom stereocenters. The largest absolute Gasteiger partial charge is 0.312 e. The molecule has 1 unspecified atom stereocenters. The predicted molar refractivity (Wildman–Crippen MR) is 64.3 cm³/mol. The zero-order chi connectivity index (χ0) is 12.4. The molecule has 1 aromatic rings. The van der Waals surface area contributed by atoms with Gasteiger partial charge in [-0.3, -0.25) is 14.9 Å². The first-order valence-corrected chi connectivity index (χ1v) is 5.76. The summed E-state index contributed by atoms with van der Waals surface area (Å²) in [6, 6.07) is 5.98. The molecule has 1 aliphatic rings. The van der Waals surface area contributed by atoms with E-state index in [0.717, 1.165) is 0 Å². The molecule has 1 aliphatic heterocycles. The fraction of sp³-hybridized carbons (Fsp3) is 0.364. The van der Waals surface area contributed by atoms with Gasteiger partial charge in [-0.05, 0) is 18.1 Å². The van der Waals surface area contributed by atoms with Crippen LogP contribution in [0.25, 0.3) is 0 Å². The van der Waals surface area contributed by atoms with Gasteiger partial charge < -0.3 is 4.90 Å². The van der Waals surface area contributed by atoms with E-state index >= 15 is 0 Å². The Balaban J connectivity index is 2.18. The molecular weight excluding hydrogens is 244 g/mol. The minimum absolute atomic E-state index is 0.0181. The van der Waals surface area contributed by atoms with Crippen LogP contribution in [-0.4, -0.2) is 23.3 Å². The predicted octanol–water partition coefficient (Wildman–Crippen LogP) is 2.19. The van der Waals surface area contributed by atoms with Gasteiger partial charge in [-0.2, -0.15) is 0 Å². The molecule has 2 rings (SSSR count). The summed E-state index contributed by atoms with van der Waals surface area (Å²) in [5.74, 6) is 0.638. The van der Waals surface area contributed by atoms with Gasteiger partial charge in [0.15, 0.2) is 0 Å². The SMILES string of the molecule is O=C1CC(CCl)CN1c1ccc([N+](=O)[O-])cc1. The Morgan fingerprint density at radius 2 is 2.06 bits per heavy atom. The van der Waals surface area contributed by atoms with Crippen molar-refractivity contribution in [2.75, 3.05) is 17.3 Å². The second-order valence-electron chi connectivity index (χ2n) is 4.00. The second kappa shape index (κ2) is 4.71. The number of hydrogen-bond acceptors (Lipinski definition) is 3. The van der Waals surface area contributed by atoms with E-state index in [9.17, 15) is 14.9 Å². The number of nitrogens with zero attached hydrogens (tertiary/aromatic N) is 2. The number of benzene rings is 1. The van der Waals surface area contributed by atoms with Crippen LogP contribution in [0.5, 0.6) is 0 Å². The second-order valence-corrected chi connectivity index (χ2v) is 4.31. The molecule has 1 saturated heterocycles. The molecule has 0 aliphatic carbocycles. The molecule has 0 bridgehead atoms. The molecule has 17 heavy (non-hydrogen) atoms. The number of alkyl halides is 1. The maximum atomic E-state index is 11.7. The first kappa shape index (κ1) is 11.9. The number of carbonyl (C=O) groups excluding carboxylic acids is 1. The van der Waals surface area contributed by atoms with Gasteiger partial charge in [0.05, 0.1) is 4.92 Å². The van der Waals surface area contributed by atoms with Crippen molar-refractivity contribution in [1.29, 1.82) is 0 Å². The Labute approximate surface area is 103 Å². The quantitative estimate of drug-likeness (QED) is 0.472. The molecule has 0 aromatic heterocycles. The van der Waals surface area contributed by atoms with E-state index in [1.807, 2.05) is 0 Å². The maximum absolute atomic E-state index is 11.7. The van der Waals surface area contributed by atoms with Crippen LogP contribution < -0.4 is 4.90 Å². The Bertz CT molecular complexity index is 447. The zero-order valence-corrected chi connectivity index (χ0v) is 9.76. The number of rotatable bonds is 3. The van der Waals surface area contributed by atoms with Crippen molar-refractivity contribution >= 4 is 28.9 Å². The Hall–Kier alpha value is -1.62. The molecule has 6 heteroatoms. The van der Waals surface area contributed by atoms with Crippen molar-refractivity contribution in [3.05, 3.63) is 34.4 Å². The number of halogens is 1. The summed E-state index contributed by atoms with van der Waals surface area (Å²) in [4.78, 5) is 23.4. The van der Waals surface area contributed by atoms with E-state index in [2.05, 4.69) is 0 Å². The first-order chi connectivity index (χ1) is 8.11. The fourth-order valence-corrected chi connectivity index (χ4v) is 2.10. The smallest absolute Gasteiger partial charge is 0.269 e. The summed E-state index contributed by atoms with van der Waals surface area (Å²) >= 11 is 5.72. The van der Waals surface area contributed by atoms with Crippen molar-refractivity contribution in [2.45, 2.75) is 6.42 Å². The van der Waals surface area contributed by atoms with Crippen LogP contribution >= 0.6 is 11.6 Å². The Morgan fingerprint density at radius 1 is 1.41 bits per heavy atom. The van der Waals surface area contributed by atoms with Gasteiger partial charge in [-0.1, -0.05) is 0 Å². The minimum atomic E-state index is -0.461. The van der Waals surface area contributed by atoms with E-state index in [4.69, 9.17) is 11.6 Å². The number of carbonyl (C=O) groups is 1. The van der Waals surface area contributed by atoms with Crippen molar-refractivity contribution in [1.82, 2.24) is 0 Å². The lowest BCUT2D eigenvalue weighted by Gasteiger charge is -2.15. The minimum Gasteiger partial charge on any atom is -0.312 e. The molecule has 0 spiro atoms. The van der Waals surface area contributed by atoms with Crippen molar-refractivity contribution in [3.63, 3.8) is 0 Å². The van der Waals surface area contributed by atoms with Crippen molar-refractivity contribution < 1.29 is 9.72 Å². The monoisotopic (exact) mass is 254 g/mol. The fourth-order valence-electron chi connectivity index (χ4n) is 1.89. The lowest BCUT2D eigenvalue weighted by Crippen LogP contribution is -2.24. The molecular formula is C11H11ClN2O3. The highest BCUT2D eigenvalue weighted by atomic mass is 35.5. The van der Waals surface area contributed by atoms with E-state index in [0.29, 0.717) is 24.5 Å². The van der Waals surface area contributed by atoms with Crippen LogP contribution in [0.1, 0.15) is 6.42 Å². The molecule has 1 heterocycles. The average Bonchev–Trinajstić information content (AvgIpc) is 2.71. The third-order valence-electron chi connectivity index (χ3n) is 2.80. The summed E-state index contributed by atoms with van der Waals surface area (Å²) in [5, 5.41) is 10.5. The van der Waals surface area contributed by atoms with Gasteiger partial charge in [0.25, 0.3) is 5.69 Å². The van der Waals surface area contributed by atoms with Gasteiger partial charge in [-0.25, -0.2) is 0 Å². The highest BCUT2D eigenvalue weighted by molar-refractivity contribution is 6.18. The summed E-state index contributed by atoms with van der Waals surface area (Å²) < 4.78 is 0. The van der Waals surface area contributed by atoms with Gasteiger partial charge in [0, 0.05) is 36.7 Å². The standard InChI is InChI=1S/C11H11ClN2O3/c12-6-8-5-11(15)13(7-8)9-1-3-10(4-2-9)14(16)17/h1-4,8H,5-7H2. The van der Waals surface area contributed by atoms with Crippen LogP contribution in [0.4, 0.5) is 11.4 Å². The highest BCUT2D eigenvalue weighted by Crippen LogP contribution is 2.27. The van der Waals surface area contributed by atoms with Crippen LogP contribution in [0.15, 0.2) is 24.3 Å². The van der Waals surface area contributed by atoms with Gasteiger partial charge in [0.1, 0.15) is 0 Å². The van der Waals surface area contributed by atoms with Gasteiger partial charge in [-0.15, -0.1) is 11.6 Å². The lowest BCUT2D eigenvalue weighted by atomic mass is 10.1. The lowest BCUT2D eigenvalue weighted by molar-refractivity contribution is -0.384. The third kappa shape index (κ3) is 2.39. The van der Waals surface area contributed by atoms with Crippen LogP contribution in [0.3, 0.4) is 0 Å². The number of anilines is 1. The van der Waals surface area contributed by atoms with Crippen molar-refractivity contribution in [3.8, 4) is 0 Å². The van der Waals surface area contributed by atoms with Crippen LogP contribution in [0, 0.1) is 16.0 Å². The summed E-state index contributed by atoms with van der Waals surface area (Å²) in [6.07, 6.45) is 0.445. The summed E-state index contributed by atoms with van der Waals surface area (Å²) in [6.45, 7) is 0.583. The number of hydrogen-bond donors (Lipinski definition) is 0. The third-order valence-corrected chi connectivity index (χ3v) is 3.23. The Kier molecular flexibility index (Phi) is 3.28. The molecule has 0 N–H and O–H groups in total. The number of nitro groups is 1. The van der Waals surface area contributed by atoms with E-state index in [1.54, 1.807) is 17.0 Å². The molecule has 1 amide bonds. The number of non-ortho nitro benzene ring substituents is 1. The van der Waals surface area contributed by atoms with Gasteiger partial charge >= 0.3 is 0 Å². The van der Waals surface area contributed by atoms with E-state index in [1.165, 1.54) is 12.1 Å². The van der Waals surface area contributed by atoms with Gasteiger partial charge in [0.2, 0.25) is 5.91 Å². The molecule has 0 saturated carbocycles. The highest BCUT2D eigenvalue weighted by Gasteiger charge is 2.29. The number of nitro benzene ring substituents is 1. The molecule has 1 fully saturated rings. The summed E-state index contributed by atoms with van der Waals surface area (Å²) in [7, 11) is 0. The molecule has 0 radical (unpaired) electrons. The maximum Gasteiger partial charge on any atom is 0.269 e. The van der Waals surface area contributed by atoms with Crippen LogP contribution in [0.2, 0.25) is 0 Å². The van der Waals surface area contributed by atoms with E-state index < -0.39 is 4.92 Å². The normalized spacial score (nSPS) is 19.7. The Morgan fingerprint density at radius 3 is 2.53 bits per heavy atom. The first-order valence-electron chi connectivity index (χ1n) is 5.22. The molecule has 5 nitrogen and oxygen atoms in total. The topological polar surface area (TPSA) is 63.5 Å². The van der Waals surface area contributed by atoms with Crippen LogP contribution in [-0.2, 0) is 4.79 Å². The average molecular weight is 255 g/mol. The number of amides is 1. The van der Waals surface area contributed by atoms with Crippen molar-refractivity contribution in [2.24, 2.45) is 5.92 Å². The molecule has 1 aromatic carbocycles.